The fraction of sp³-hybridized carbons (Fsp3) is 0.625. The molecule has 0 heterocycles. The summed E-state index contributed by atoms with van der Waals surface area (Å²) in [5.74, 6) is -0.457. The molecule has 3 amide bonds. The molecule has 1 rings (SSSR count). The van der Waals surface area contributed by atoms with Crippen molar-refractivity contribution in [2.75, 3.05) is 7.05 Å². The van der Waals surface area contributed by atoms with Crippen molar-refractivity contribution in [3.8, 4) is 0 Å². The number of alkyl carbamates (subject to hydrolysis) is 1. The van der Waals surface area contributed by atoms with E-state index in [1.807, 2.05) is 58.9 Å². The van der Waals surface area contributed by atoms with E-state index in [1.54, 1.807) is 27.8 Å². The standard InChI is InChI=1S/C24H39N3O4/c1-15(2)13-19(26-23(30)31-24(6,7)8)22(29)27(9)20(21(28)25-16(3)4)18-12-10-11-17(5)14-18/h10-12,14-16,19-20H,13H2,1-9H3,(H,25,28)(H,26,30). The Kier molecular flexibility index (Phi) is 9.53. The number of ether oxygens (including phenoxy) is 1. The fourth-order valence-corrected chi connectivity index (χ4v) is 3.27. The molecule has 0 aromatic heterocycles. The van der Waals surface area contributed by atoms with E-state index < -0.39 is 23.8 Å². The maximum atomic E-state index is 13.4. The molecule has 7 nitrogen and oxygen atoms in total. The van der Waals surface area contributed by atoms with Crippen molar-refractivity contribution in [1.29, 1.82) is 0 Å². The number of nitrogens with zero attached hydrogens (tertiary/aromatic N) is 1. The molecule has 0 aliphatic carbocycles. The van der Waals surface area contributed by atoms with Crippen molar-refractivity contribution in [3.05, 3.63) is 35.4 Å². The number of aryl methyl sites for hydroxylation is 1. The van der Waals surface area contributed by atoms with E-state index in [4.69, 9.17) is 4.74 Å². The second-order valence-corrected chi connectivity index (χ2v) is 9.76. The zero-order chi connectivity index (χ0) is 23.9. The highest BCUT2D eigenvalue weighted by atomic mass is 16.6. The molecule has 2 unspecified atom stereocenters. The monoisotopic (exact) mass is 433 g/mol. The lowest BCUT2D eigenvalue weighted by Gasteiger charge is -2.32. The molecule has 0 saturated heterocycles. The average Bonchev–Trinajstić information content (AvgIpc) is 2.58. The highest BCUT2D eigenvalue weighted by molar-refractivity contribution is 5.92. The molecule has 0 bridgehead atoms. The summed E-state index contributed by atoms with van der Waals surface area (Å²) in [6.45, 7) is 14.9. The van der Waals surface area contributed by atoms with Crippen molar-refractivity contribution in [2.45, 2.75) is 85.5 Å². The zero-order valence-corrected chi connectivity index (χ0v) is 20.4. The van der Waals surface area contributed by atoms with Gasteiger partial charge in [-0.3, -0.25) is 9.59 Å². The van der Waals surface area contributed by atoms with Gasteiger partial charge in [0.25, 0.3) is 0 Å². The molecule has 174 valence electrons. The van der Waals surface area contributed by atoms with Gasteiger partial charge >= 0.3 is 6.09 Å². The van der Waals surface area contributed by atoms with Crippen LogP contribution in [0.25, 0.3) is 0 Å². The summed E-state index contributed by atoms with van der Waals surface area (Å²) < 4.78 is 5.34. The van der Waals surface area contributed by atoms with Crippen LogP contribution in [-0.4, -0.2) is 47.5 Å². The minimum Gasteiger partial charge on any atom is -0.444 e. The number of benzene rings is 1. The van der Waals surface area contributed by atoms with Gasteiger partial charge in [0.05, 0.1) is 0 Å². The lowest BCUT2D eigenvalue weighted by molar-refractivity contribution is -0.141. The first-order chi connectivity index (χ1) is 14.2. The van der Waals surface area contributed by atoms with E-state index in [-0.39, 0.29) is 23.8 Å². The number of hydrogen-bond donors (Lipinski definition) is 2. The van der Waals surface area contributed by atoms with E-state index in [0.29, 0.717) is 6.42 Å². The van der Waals surface area contributed by atoms with Gasteiger partial charge < -0.3 is 20.3 Å². The molecule has 2 atom stereocenters. The second-order valence-electron chi connectivity index (χ2n) is 9.76. The molecular weight excluding hydrogens is 394 g/mol. The number of rotatable bonds is 8. The summed E-state index contributed by atoms with van der Waals surface area (Å²) >= 11 is 0. The molecule has 0 fully saturated rings. The van der Waals surface area contributed by atoms with Crippen LogP contribution >= 0.6 is 0 Å². The third-order valence-electron chi connectivity index (χ3n) is 4.47. The van der Waals surface area contributed by atoms with Crippen LogP contribution in [0, 0.1) is 12.8 Å². The summed E-state index contributed by atoms with van der Waals surface area (Å²) in [6.07, 6.45) is -0.229. The van der Waals surface area contributed by atoms with E-state index in [2.05, 4.69) is 10.6 Å². The molecule has 7 heteroatoms. The van der Waals surface area contributed by atoms with Crippen LogP contribution in [0.15, 0.2) is 24.3 Å². The molecule has 31 heavy (non-hydrogen) atoms. The van der Waals surface area contributed by atoms with Crippen molar-refractivity contribution in [2.24, 2.45) is 5.92 Å². The number of nitrogens with one attached hydrogen (secondary N) is 2. The van der Waals surface area contributed by atoms with Crippen LogP contribution in [0.5, 0.6) is 0 Å². The van der Waals surface area contributed by atoms with E-state index >= 15 is 0 Å². The van der Waals surface area contributed by atoms with E-state index in [9.17, 15) is 14.4 Å². The molecule has 0 radical (unpaired) electrons. The third-order valence-corrected chi connectivity index (χ3v) is 4.47. The number of carbonyl (C=O) groups is 3. The fourth-order valence-electron chi connectivity index (χ4n) is 3.27. The number of likely N-dealkylation sites (N-methyl/N-ethyl adjacent to an activating group) is 1. The summed E-state index contributed by atoms with van der Waals surface area (Å²) in [7, 11) is 1.60. The quantitative estimate of drug-likeness (QED) is 0.650. The topological polar surface area (TPSA) is 87.7 Å². The minimum absolute atomic E-state index is 0.0744. The Morgan fingerprint density at radius 2 is 1.68 bits per heavy atom. The highest BCUT2D eigenvalue weighted by Crippen LogP contribution is 2.23. The van der Waals surface area contributed by atoms with Gasteiger partial charge in [0.15, 0.2) is 0 Å². The van der Waals surface area contributed by atoms with E-state index in [1.165, 1.54) is 4.90 Å². The first-order valence-electron chi connectivity index (χ1n) is 10.8. The second kappa shape index (κ2) is 11.2. The minimum atomic E-state index is -0.815. The van der Waals surface area contributed by atoms with Crippen LogP contribution in [-0.2, 0) is 14.3 Å². The predicted octanol–water partition coefficient (Wildman–Crippen LogP) is 3.96. The van der Waals surface area contributed by atoms with E-state index in [0.717, 1.165) is 11.1 Å². The van der Waals surface area contributed by atoms with Gasteiger partial charge in [-0.2, -0.15) is 0 Å². The Hall–Kier alpha value is -2.57. The Balaban J connectivity index is 3.23. The van der Waals surface area contributed by atoms with Crippen molar-refractivity contribution < 1.29 is 19.1 Å². The van der Waals surface area contributed by atoms with Gasteiger partial charge in [-0.05, 0) is 59.4 Å². The summed E-state index contributed by atoms with van der Waals surface area (Å²) in [4.78, 5) is 40.3. The van der Waals surface area contributed by atoms with Crippen LogP contribution in [0.3, 0.4) is 0 Å². The molecule has 0 spiro atoms. The molecule has 1 aromatic rings. The Morgan fingerprint density at radius 1 is 1.06 bits per heavy atom. The molecule has 2 N–H and O–H groups in total. The largest absolute Gasteiger partial charge is 0.444 e. The zero-order valence-electron chi connectivity index (χ0n) is 20.4. The molecule has 0 aliphatic heterocycles. The Labute approximate surface area is 186 Å². The van der Waals surface area contributed by atoms with Crippen LogP contribution in [0.2, 0.25) is 0 Å². The van der Waals surface area contributed by atoms with Gasteiger partial charge in [-0.1, -0.05) is 43.7 Å². The Morgan fingerprint density at radius 3 is 2.16 bits per heavy atom. The highest BCUT2D eigenvalue weighted by Gasteiger charge is 2.34. The Bertz CT molecular complexity index is 768. The first-order valence-corrected chi connectivity index (χ1v) is 10.8. The molecular formula is C24H39N3O4. The number of amides is 3. The lowest BCUT2D eigenvalue weighted by atomic mass is 9.99. The normalized spacial score (nSPS) is 13.5. The SMILES string of the molecule is Cc1cccc(C(C(=O)NC(C)C)N(C)C(=O)C(CC(C)C)NC(=O)OC(C)(C)C)c1. The van der Waals surface area contributed by atoms with Crippen LogP contribution in [0.1, 0.15) is 72.1 Å². The summed E-state index contributed by atoms with van der Waals surface area (Å²) in [5, 5.41) is 5.60. The number of hydrogen-bond acceptors (Lipinski definition) is 4. The van der Waals surface area contributed by atoms with Crippen LogP contribution in [0.4, 0.5) is 4.79 Å². The smallest absolute Gasteiger partial charge is 0.408 e. The molecule has 1 aromatic carbocycles. The van der Waals surface area contributed by atoms with Gasteiger partial charge in [-0.15, -0.1) is 0 Å². The van der Waals surface area contributed by atoms with Gasteiger partial charge in [0.2, 0.25) is 11.8 Å². The molecule has 0 saturated carbocycles. The molecule has 0 aliphatic rings. The lowest BCUT2D eigenvalue weighted by Crippen LogP contribution is -2.52. The number of carbonyl (C=O) groups excluding carboxylic acids is 3. The maximum absolute atomic E-state index is 13.4. The summed E-state index contributed by atoms with van der Waals surface area (Å²) in [6, 6.07) is 5.84. The van der Waals surface area contributed by atoms with Crippen molar-refractivity contribution in [1.82, 2.24) is 15.5 Å². The van der Waals surface area contributed by atoms with Crippen molar-refractivity contribution >= 4 is 17.9 Å². The first kappa shape index (κ1) is 26.5. The van der Waals surface area contributed by atoms with Crippen LogP contribution < -0.4 is 10.6 Å². The third kappa shape index (κ3) is 8.99. The summed E-state index contributed by atoms with van der Waals surface area (Å²) in [5.41, 5.74) is 1.03. The average molecular weight is 434 g/mol. The van der Waals surface area contributed by atoms with Gasteiger partial charge in [0, 0.05) is 13.1 Å². The van der Waals surface area contributed by atoms with Gasteiger partial charge in [-0.25, -0.2) is 4.79 Å². The van der Waals surface area contributed by atoms with Crippen molar-refractivity contribution in [3.63, 3.8) is 0 Å². The maximum Gasteiger partial charge on any atom is 0.408 e. The predicted molar refractivity (Wildman–Crippen MR) is 123 cm³/mol. The van der Waals surface area contributed by atoms with Gasteiger partial charge in [0.1, 0.15) is 17.7 Å².